The van der Waals surface area contributed by atoms with E-state index in [4.69, 9.17) is 5.73 Å². The first-order chi connectivity index (χ1) is 16.4. The number of nitrogens with zero attached hydrogens (tertiary/aromatic N) is 4. The number of amides is 3. The summed E-state index contributed by atoms with van der Waals surface area (Å²) in [5, 5.41) is 24.8. The Kier molecular flexibility index (Phi) is 6.22. The fraction of sp³-hybridized carbons (Fsp3) is 0.333. The number of carbonyl (C=O) groups excluding carboxylic acids is 3. The number of nitrogens with one attached hydrogen (secondary N) is 1. The third kappa shape index (κ3) is 4.55. The van der Waals surface area contributed by atoms with Crippen LogP contribution in [0.1, 0.15) is 5.69 Å². The summed E-state index contributed by atoms with van der Waals surface area (Å²) >= 11 is 2.08. The quantitative estimate of drug-likeness (QED) is 0.129. The molecule has 2 saturated heterocycles. The molecule has 0 aromatic carbocycles. The number of aromatic nitrogens is 1. The number of allylic oxidation sites excluding steroid dienone is 1. The van der Waals surface area contributed by atoms with Crippen molar-refractivity contribution in [3.8, 4) is 0 Å². The summed E-state index contributed by atoms with van der Waals surface area (Å²) in [4.78, 5) is 54.5. The summed E-state index contributed by atoms with van der Waals surface area (Å²) in [6, 6.07) is -1.14. The van der Waals surface area contributed by atoms with Gasteiger partial charge in [0.15, 0.2) is 10.8 Å². The minimum Gasteiger partial charge on any atom is -0.477 e. The molecule has 0 aliphatic carbocycles. The number of halogens is 3. The lowest BCUT2D eigenvalue weighted by atomic mass is 9.99. The van der Waals surface area contributed by atoms with Gasteiger partial charge < -0.3 is 26.3 Å². The number of carboxylic acids is 1. The van der Waals surface area contributed by atoms with E-state index in [9.17, 15) is 42.7 Å². The van der Waals surface area contributed by atoms with Gasteiger partial charge in [-0.1, -0.05) is 5.16 Å². The molecular weight excluding hydrogens is 517 g/mol. The molecule has 3 aliphatic heterocycles. The van der Waals surface area contributed by atoms with Crippen LogP contribution in [0.3, 0.4) is 0 Å². The number of nitrogen functional groups attached to an aromatic ring is 1. The summed E-state index contributed by atoms with van der Waals surface area (Å²) in [6.45, 7) is -1.72. The maximum Gasteiger partial charge on any atom is 0.406 e. The Morgan fingerprint density at radius 1 is 1.37 bits per heavy atom. The number of rotatable bonds is 6. The second-order valence-electron chi connectivity index (χ2n) is 7.51. The molecule has 0 unspecified atom stereocenters. The minimum absolute atomic E-state index is 0.00814. The number of thiazole rings is 1. The van der Waals surface area contributed by atoms with Gasteiger partial charge >= 0.3 is 12.1 Å². The lowest BCUT2D eigenvalue weighted by Crippen LogP contribution is -2.71. The molecule has 186 valence electrons. The van der Waals surface area contributed by atoms with Crippen molar-refractivity contribution in [2.75, 3.05) is 24.6 Å². The van der Waals surface area contributed by atoms with Gasteiger partial charge in [0.2, 0.25) is 0 Å². The van der Waals surface area contributed by atoms with Gasteiger partial charge in [-0.2, -0.15) is 13.2 Å². The highest BCUT2D eigenvalue weighted by atomic mass is 32.2. The molecule has 0 spiro atoms. The smallest absolute Gasteiger partial charge is 0.406 e. The van der Waals surface area contributed by atoms with Gasteiger partial charge in [0.25, 0.3) is 17.7 Å². The Balaban J connectivity index is 1.49. The van der Waals surface area contributed by atoms with E-state index in [1.807, 2.05) is 0 Å². The number of β-lactam (4-membered cyclic amide) rings is 2. The van der Waals surface area contributed by atoms with E-state index in [0.717, 1.165) is 28.0 Å². The highest BCUT2D eigenvalue weighted by Crippen LogP contribution is 2.41. The zero-order chi connectivity index (χ0) is 25.7. The first-order valence-corrected chi connectivity index (χ1v) is 11.6. The van der Waals surface area contributed by atoms with Crippen LogP contribution >= 0.6 is 23.1 Å². The minimum atomic E-state index is -4.56. The average Bonchev–Trinajstić information content (AvgIpc) is 3.21. The van der Waals surface area contributed by atoms with Crippen LogP contribution in [0.5, 0.6) is 0 Å². The van der Waals surface area contributed by atoms with Gasteiger partial charge in [-0.05, 0) is 11.6 Å². The van der Waals surface area contributed by atoms with Crippen molar-refractivity contribution in [3.05, 3.63) is 34.0 Å². The van der Waals surface area contributed by atoms with Gasteiger partial charge in [-0.15, -0.1) is 23.1 Å². The average molecular weight is 532 g/mol. The summed E-state index contributed by atoms with van der Waals surface area (Å²) in [5.41, 5.74) is 4.65. The van der Waals surface area contributed by atoms with Crippen LogP contribution in [0.15, 0.2) is 33.5 Å². The zero-order valence-corrected chi connectivity index (χ0v) is 18.9. The van der Waals surface area contributed by atoms with Crippen molar-refractivity contribution in [1.82, 2.24) is 20.1 Å². The second kappa shape index (κ2) is 8.88. The fourth-order valence-corrected chi connectivity index (χ4v) is 5.55. The first kappa shape index (κ1) is 24.5. The number of oxime groups is 1. The van der Waals surface area contributed by atoms with Crippen LogP contribution in [0.2, 0.25) is 0 Å². The number of anilines is 1. The van der Waals surface area contributed by atoms with E-state index in [0.29, 0.717) is 4.90 Å². The van der Waals surface area contributed by atoms with E-state index >= 15 is 0 Å². The first-order valence-electron chi connectivity index (χ1n) is 9.63. The Bertz CT molecular complexity index is 1230. The number of hydrogen-bond acceptors (Lipinski definition) is 10. The molecular formula is C18H15F3N6O6S2. The lowest BCUT2D eigenvalue weighted by Gasteiger charge is -2.49. The summed E-state index contributed by atoms with van der Waals surface area (Å²) < 4.78 is 37.5. The Morgan fingerprint density at radius 2 is 2.09 bits per heavy atom. The number of thioether (sulfide) groups is 1. The van der Waals surface area contributed by atoms with E-state index < -0.39 is 59.2 Å². The molecule has 0 radical (unpaired) electrons. The molecule has 4 heterocycles. The van der Waals surface area contributed by atoms with Crippen molar-refractivity contribution in [2.24, 2.45) is 5.16 Å². The van der Waals surface area contributed by atoms with Crippen molar-refractivity contribution in [1.29, 1.82) is 0 Å². The number of likely N-dealkylation sites (tertiary alicyclic amines) is 1. The zero-order valence-electron chi connectivity index (χ0n) is 17.3. The number of carboxylic acid groups (broad SMARTS) is 1. The molecule has 17 heteroatoms. The number of hydrogen-bond donors (Lipinski definition) is 4. The monoisotopic (exact) mass is 532 g/mol. The summed E-state index contributed by atoms with van der Waals surface area (Å²) in [6.07, 6.45) is -3.37. The molecule has 3 amide bonds. The van der Waals surface area contributed by atoms with Crippen molar-refractivity contribution in [3.63, 3.8) is 0 Å². The van der Waals surface area contributed by atoms with E-state index in [-0.39, 0.29) is 34.3 Å². The second-order valence-corrected chi connectivity index (χ2v) is 9.50. The molecule has 5 N–H and O–H groups in total. The lowest BCUT2D eigenvalue weighted by molar-refractivity contribution is -0.164. The molecule has 1 aromatic rings. The summed E-state index contributed by atoms with van der Waals surface area (Å²) in [7, 11) is 0. The van der Waals surface area contributed by atoms with Crippen molar-refractivity contribution < 1.29 is 42.7 Å². The summed E-state index contributed by atoms with van der Waals surface area (Å²) in [5.74, 6) is -4.03. The predicted octanol–water partition coefficient (Wildman–Crippen LogP) is -0.0269. The van der Waals surface area contributed by atoms with Crippen molar-refractivity contribution in [2.45, 2.75) is 17.6 Å². The number of alkyl halides is 3. The number of carbonyl (C=O) groups is 4. The van der Waals surface area contributed by atoms with Gasteiger partial charge in [0, 0.05) is 16.7 Å². The van der Waals surface area contributed by atoms with Gasteiger partial charge in [0.05, 0.1) is 6.54 Å². The molecule has 2 fully saturated rings. The maximum absolute atomic E-state index is 12.7. The predicted molar refractivity (Wildman–Crippen MR) is 115 cm³/mol. The highest BCUT2D eigenvalue weighted by Gasteiger charge is 2.54. The highest BCUT2D eigenvalue weighted by molar-refractivity contribution is 8.00. The Morgan fingerprint density at radius 3 is 2.63 bits per heavy atom. The number of aliphatic carboxylic acids is 1. The molecule has 0 saturated carbocycles. The maximum atomic E-state index is 12.7. The molecule has 12 nitrogen and oxygen atoms in total. The van der Waals surface area contributed by atoms with Crippen LogP contribution < -0.4 is 11.1 Å². The van der Waals surface area contributed by atoms with E-state index in [1.165, 1.54) is 11.5 Å². The fourth-order valence-electron chi connectivity index (χ4n) is 3.69. The topological polar surface area (TPSA) is 179 Å². The molecule has 35 heavy (non-hydrogen) atoms. The van der Waals surface area contributed by atoms with Gasteiger partial charge in [-0.25, -0.2) is 9.78 Å². The van der Waals surface area contributed by atoms with Crippen LogP contribution in [0, 0.1) is 0 Å². The van der Waals surface area contributed by atoms with Gasteiger partial charge in [0.1, 0.15) is 29.4 Å². The third-order valence-corrected chi connectivity index (χ3v) is 7.18. The molecule has 2 atom stereocenters. The molecule has 4 rings (SSSR count). The van der Waals surface area contributed by atoms with Crippen LogP contribution in [0.25, 0.3) is 0 Å². The Labute approximate surface area is 201 Å². The SMILES string of the molecule is Nc1nc(C(=NO)C(=O)N[C@@H]2C(=O)N3C(C(=O)O)=C(C=C4CN(CC(F)(F)F)C4=O)CS[C@H]23)cs1. The van der Waals surface area contributed by atoms with Gasteiger partial charge in [-0.3, -0.25) is 19.3 Å². The van der Waals surface area contributed by atoms with E-state index in [1.54, 1.807) is 0 Å². The van der Waals surface area contributed by atoms with Crippen molar-refractivity contribution >= 4 is 57.6 Å². The third-order valence-electron chi connectivity index (χ3n) is 5.21. The largest absolute Gasteiger partial charge is 0.477 e. The van der Waals surface area contributed by atoms with E-state index in [2.05, 4.69) is 15.5 Å². The molecule has 3 aliphatic rings. The molecule has 0 bridgehead atoms. The molecule has 1 aromatic heterocycles. The number of fused-ring (bicyclic) bond motifs is 1. The normalized spacial score (nSPS) is 23.7. The van der Waals surface area contributed by atoms with Crippen LogP contribution in [-0.4, -0.2) is 90.9 Å². The van der Waals surface area contributed by atoms with Crippen LogP contribution in [-0.2, 0) is 19.2 Å². The number of nitrogens with two attached hydrogens (primary N) is 1. The Hall–Kier alpha value is -3.60. The standard InChI is InChI=1S/C18H15F3N6O6S2/c19-18(20,21)5-26-2-6(13(26)29)1-7-3-34-15-10(14(30)27(15)11(7)16(31)32)24-12(28)9(25-33)8-4-35-17(22)23-8/h1,4,10,15,33H,2-3,5H2,(H2,22,23)(H,24,28)(H,31,32)/t10-,15-/m1/s1. The van der Waals surface area contributed by atoms with Crippen LogP contribution in [0.4, 0.5) is 18.3 Å².